The average molecular weight is 387 g/mol. The van der Waals surface area contributed by atoms with E-state index in [4.69, 9.17) is 4.74 Å². The highest BCUT2D eigenvalue weighted by atomic mass is 32.1. The summed E-state index contributed by atoms with van der Waals surface area (Å²) in [6.45, 7) is -0.487. The Bertz CT molecular complexity index is 909. The zero-order valence-corrected chi connectivity index (χ0v) is 14.8. The van der Waals surface area contributed by atoms with Crippen LogP contribution in [0.15, 0.2) is 66.0 Å². The normalized spacial score (nSPS) is 11.6. The fraction of sp³-hybridized carbons (Fsp3) is 0.100. The largest absolute Gasteiger partial charge is 0.452 e. The molecule has 0 radical (unpaired) electrons. The van der Waals surface area contributed by atoms with Gasteiger partial charge in [-0.25, -0.2) is 13.6 Å². The summed E-state index contributed by atoms with van der Waals surface area (Å²) in [7, 11) is 0. The van der Waals surface area contributed by atoms with Gasteiger partial charge in [0.1, 0.15) is 11.6 Å². The van der Waals surface area contributed by atoms with Gasteiger partial charge in [-0.1, -0.05) is 18.2 Å². The molecule has 0 bridgehead atoms. The lowest BCUT2D eigenvalue weighted by molar-refractivity contribution is -0.124. The molecule has 7 heteroatoms. The molecule has 0 aliphatic heterocycles. The molecule has 0 saturated carbocycles. The van der Waals surface area contributed by atoms with Gasteiger partial charge in [-0.2, -0.15) is 0 Å². The van der Waals surface area contributed by atoms with E-state index in [-0.39, 0.29) is 11.4 Å². The first-order valence-corrected chi connectivity index (χ1v) is 8.92. The molecule has 2 aromatic carbocycles. The maximum atomic E-state index is 13.2. The highest BCUT2D eigenvalue weighted by molar-refractivity contribution is 7.10. The van der Waals surface area contributed by atoms with E-state index in [1.165, 1.54) is 35.6 Å². The Balaban J connectivity index is 1.65. The van der Waals surface area contributed by atoms with Crippen molar-refractivity contribution in [3.63, 3.8) is 0 Å². The molecule has 1 aromatic heterocycles. The van der Waals surface area contributed by atoms with Crippen LogP contribution in [-0.2, 0) is 9.53 Å². The second-order valence-electron chi connectivity index (χ2n) is 5.65. The van der Waals surface area contributed by atoms with Crippen LogP contribution in [0.3, 0.4) is 0 Å². The summed E-state index contributed by atoms with van der Waals surface area (Å²) in [6.07, 6.45) is 0. The molecule has 1 heterocycles. The molecule has 138 valence electrons. The van der Waals surface area contributed by atoms with Crippen molar-refractivity contribution in [1.82, 2.24) is 5.32 Å². The lowest BCUT2D eigenvalue weighted by atomic mass is 10.1. The Morgan fingerprint density at radius 1 is 0.963 bits per heavy atom. The summed E-state index contributed by atoms with van der Waals surface area (Å²) in [4.78, 5) is 25.0. The van der Waals surface area contributed by atoms with E-state index in [1.807, 2.05) is 17.5 Å². The molecule has 1 amide bonds. The number of carbonyl (C=O) groups excluding carboxylic acids is 2. The number of ether oxygens (including phenoxy) is 1. The van der Waals surface area contributed by atoms with Crippen LogP contribution < -0.4 is 5.32 Å². The maximum Gasteiger partial charge on any atom is 0.338 e. The number of nitrogens with one attached hydrogen (secondary N) is 1. The number of hydrogen-bond acceptors (Lipinski definition) is 4. The van der Waals surface area contributed by atoms with Gasteiger partial charge in [0.15, 0.2) is 6.61 Å². The van der Waals surface area contributed by atoms with Crippen LogP contribution in [0.5, 0.6) is 0 Å². The van der Waals surface area contributed by atoms with Gasteiger partial charge in [-0.3, -0.25) is 4.79 Å². The number of carbonyl (C=O) groups is 2. The van der Waals surface area contributed by atoms with Crippen LogP contribution in [0.4, 0.5) is 8.78 Å². The van der Waals surface area contributed by atoms with Crippen molar-refractivity contribution in [3.05, 3.63) is 93.7 Å². The number of esters is 1. The van der Waals surface area contributed by atoms with Crippen molar-refractivity contribution in [1.29, 1.82) is 0 Å². The summed E-state index contributed by atoms with van der Waals surface area (Å²) in [5, 5.41) is 4.65. The van der Waals surface area contributed by atoms with E-state index in [2.05, 4.69) is 5.32 Å². The highest BCUT2D eigenvalue weighted by Crippen LogP contribution is 2.26. The quantitative estimate of drug-likeness (QED) is 0.648. The minimum absolute atomic E-state index is 0.151. The number of thiophene rings is 1. The van der Waals surface area contributed by atoms with Crippen molar-refractivity contribution in [3.8, 4) is 0 Å². The molecular weight excluding hydrogens is 372 g/mol. The van der Waals surface area contributed by atoms with Gasteiger partial charge in [0.25, 0.3) is 5.91 Å². The Hall–Kier alpha value is -3.06. The van der Waals surface area contributed by atoms with Crippen LogP contribution in [0.25, 0.3) is 0 Å². The minimum atomic E-state index is -0.723. The molecule has 0 fully saturated rings. The van der Waals surface area contributed by atoms with Crippen molar-refractivity contribution in [2.45, 2.75) is 6.04 Å². The summed E-state index contributed by atoms with van der Waals surface area (Å²) in [6, 6.07) is 13.9. The minimum Gasteiger partial charge on any atom is -0.452 e. The molecule has 0 unspecified atom stereocenters. The van der Waals surface area contributed by atoms with E-state index < -0.39 is 30.3 Å². The first-order valence-electron chi connectivity index (χ1n) is 8.04. The number of halogens is 2. The monoisotopic (exact) mass is 387 g/mol. The summed E-state index contributed by atoms with van der Waals surface area (Å²) in [5.74, 6) is -2.07. The smallest absolute Gasteiger partial charge is 0.338 e. The van der Waals surface area contributed by atoms with Crippen molar-refractivity contribution >= 4 is 23.2 Å². The topological polar surface area (TPSA) is 55.4 Å². The van der Waals surface area contributed by atoms with Gasteiger partial charge in [0.2, 0.25) is 0 Å². The number of benzene rings is 2. The maximum absolute atomic E-state index is 13.2. The fourth-order valence-corrected chi connectivity index (χ4v) is 3.24. The molecule has 0 spiro atoms. The standard InChI is InChI=1S/C20H15F2NO3S/c21-15-7-3-13(4-8-15)19(17-2-1-11-27-17)23-18(24)12-26-20(25)14-5-9-16(22)10-6-14/h1-11,19H,12H2,(H,23,24)/t19-/m1/s1. The molecule has 0 aliphatic carbocycles. The summed E-state index contributed by atoms with van der Waals surface area (Å²) in [5.41, 5.74) is 0.856. The molecule has 0 saturated heterocycles. The number of rotatable bonds is 6. The summed E-state index contributed by atoms with van der Waals surface area (Å²) >= 11 is 1.44. The SMILES string of the molecule is O=C(COC(=O)c1ccc(F)cc1)N[C@H](c1ccc(F)cc1)c1cccs1. The zero-order chi connectivity index (χ0) is 19.2. The van der Waals surface area contributed by atoms with Crippen LogP contribution in [-0.4, -0.2) is 18.5 Å². The third-order valence-electron chi connectivity index (χ3n) is 3.75. The first kappa shape index (κ1) is 18.7. The Morgan fingerprint density at radius 3 is 2.19 bits per heavy atom. The van der Waals surface area contributed by atoms with Gasteiger partial charge in [0.05, 0.1) is 11.6 Å². The molecule has 1 N–H and O–H groups in total. The molecule has 0 aliphatic rings. The van der Waals surface area contributed by atoms with Gasteiger partial charge >= 0.3 is 5.97 Å². The van der Waals surface area contributed by atoms with Crippen LogP contribution in [0.2, 0.25) is 0 Å². The fourth-order valence-electron chi connectivity index (χ4n) is 2.43. The van der Waals surface area contributed by atoms with E-state index in [0.717, 1.165) is 17.0 Å². The molecule has 3 aromatic rings. The van der Waals surface area contributed by atoms with Gasteiger partial charge in [0, 0.05) is 4.88 Å². The predicted octanol–water partition coefficient (Wildman–Crippen LogP) is 4.09. The van der Waals surface area contributed by atoms with Crippen LogP contribution in [0, 0.1) is 11.6 Å². The highest BCUT2D eigenvalue weighted by Gasteiger charge is 2.19. The molecule has 1 atom stereocenters. The van der Waals surface area contributed by atoms with Gasteiger partial charge < -0.3 is 10.1 Å². The van der Waals surface area contributed by atoms with E-state index in [9.17, 15) is 18.4 Å². The number of amides is 1. The third-order valence-corrected chi connectivity index (χ3v) is 4.69. The number of hydrogen-bond donors (Lipinski definition) is 1. The van der Waals surface area contributed by atoms with E-state index >= 15 is 0 Å². The lowest BCUT2D eigenvalue weighted by Crippen LogP contribution is -2.32. The lowest BCUT2D eigenvalue weighted by Gasteiger charge is -2.18. The van der Waals surface area contributed by atoms with Crippen LogP contribution >= 0.6 is 11.3 Å². The van der Waals surface area contributed by atoms with Crippen LogP contribution in [0.1, 0.15) is 26.8 Å². The second kappa shape index (κ2) is 8.55. The van der Waals surface area contributed by atoms with Gasteiger partial charge in [-0.05, 0) is 53.4 Å². The van der Waals surface area contributed by atoms with E-state index in [1.54, 1.807) is 12.1 Å². The Morgan fingerprint density at radius 2 is 1.59 bits per heavy atom. The second-order valence-corrected chi connectivity index (χ2v) is 6.63. The molecule has 3 rings (SSSR count). The third kappa shape index (κ3) is 4.98. The van der Waals surface area contributed by atoms with Gasteiger partial charge in [-0.15, -0.1) is 11.3 Å². The van der Waals surface area contributed by atoms with E-state index in [0.29, 0.717) is 5.56 Å². The molecule has 4 nitrogen and oxygen atoms in total. The zero-order valence-electron chi connectivity index (χ0n) is 14.0. The Labute approximate surface area is 158 Å². The van der Waals surface area contributed by atoms with Crippen molar-refractivity contribution in [2.75, 3.05) is 6.61 Å². The Kier molecular flexibility index (Phi) is 5.93. The molecule has 27 heavy (non-hydrogen) atoms. The van der Waals surface area contributed by atoms with Crippen molar-refractivity contribution in [2.24, 2.45) is 0 Å². The predicted molar refractivity (Wildman–Crippen MR) is 97.4 cm³/mol. The summed E-state index contributed by atoms with van der Waals surface area (Å²) < 4.78 is 31.0. The average Bonchev–Trinajstić information content (AvgIpc) is 3.20. The molecular formula is C20H15F2NO3S. The first-order chi connectivity index (χ1) is 13.0. The van der Waals surface area contributed by atoms with Crippen molar-refractivity contribution < 1.29 is 23.1 Å².